The molecule has 0 saturated carbocycles. The summed E-state index contributed by atoms with van der Waals surface area (Å²) in [6.45, 7) is 6.19. The Morgan fingerprint density at radius 1 is 1.44 bits per heavy atom. The van der Waals surface area contributed by atoms with E-state index in [-0.39, 0.29) is 5.78 Å². The van der Waals surface area contributed by atoms with Crippen molar-refractivity contribution >= 4 is 5.78 Å². The smallest absolute Gasteiger partial charge is 0.166 e. The summed E-state index contributed by atoms with van der Waals surface area (Å²) < 4.78 is 5.22. The second-order valence-electron chi connectivity index (χ2n) is 4.34. The first-order chi connectivity index (χ1) is 7.58. The molecule has 1 atom stereocenters. The molecule has 0 saturated heterocycles. The molecule has 0 amide bonds. The van der Waals surface area contributed by atoms with Crippen molar-refractivity contribution in [2.75, 3.05) is 7.11 Å². The van der Waals surface area contributed by atoms with E-state index in [1.54, 1.807) is 7.11 Å². The average molecular weight is 220 g/mol. The van der Waals surface area contributed by atoms with E-state index in [0.717, 1.165) is 12.0 Å². The summed E-state index contributed by atoms with van der Waals surface area (Å²) in [6, 6.07) is 5.72. The minimum Gasteiger partial charge on any atom is -0.496 e. The molecule has 0 radical (unpaired) electrons. The van der Waals surface area contributed by atoms with Crippen LogP contribution in [0, 0.1) is 12.8 Å². The van der Waals surface area contributed by atoms with E-state index in [2.05, 4.69) is 13.8 Å². The van der Waals surface area contributed by atoms with Crippen LogP contribution in [-0.2, 0) is 0 Å². The van der Waals surface area contributed by atoms with Crippen LogP contribution in [-0.4, -0.2) is 12.9 Å². The number of ether oxygens (including phenoxy) is 1. The molecule has 1 aromatic carbocycles. The first-order valence-electron chi connectivity index (χ1n) is 5.76. The summed E-state index contributed by atoms with van der Waals surface area (Å²) >= 11 is 0. The van der Waals surface area contributed by atoms with Crippen LogP contribution >= 0.6 is 0 Å². The predicted octanol–water partition coefficient (Wildman–Crippen LogP) is 3.62. The fourth-order valence-corrected chi connectivity index (χ4v) is 1.61. The molecule has 0 heterocycles. The summed E-state index contributed by atoms with van der Waals surface area (Å²) in [6.07, 6.45) is 1.62. The molecule has 2 nitrogen and oxygen atoms in total. The quantitative estimate of drug-likeness (QED) is 0.708. The fraction of sp³-hybridized carbons (Fsp3) is 0.500. The molecule has 0 fully saturated rings. The molecule has 0 aliphatic rings. The highest BCUT2D eigenvalue weighted by Gasteiger charge is 2.14. The second-order valence-corrected chi connectivity index (χ2v) is 4.34. The standard InChI is InChI=1S/C14H20O2/c1-5-10(2)9-13(15)12-8-11(3)6-7-14(12)16-4/h6-8,10H,5,9H2,1-4H3. The maximum absolute atomic E-state index is 12.1. The molecule has 1 rings (SSSR count). The number of carbonyl (C=O) groups is 1. The zero-order chi connectivity index (χ0) is 12.1. The molecule has 2 heteroatoms. The summed E-state index contributed by atoms with van der Waals surface area (Å²) in [5.41, 5.74) is 1.80. The lowest BCUT2D eigenvalue weighted by Crippen LogP contribution is -2.07. The largest absolute Gasteiger partial charge is 0.496 e. The minimum absolute atomic E-state index is 0.176. The number of hydrogen-bond acceptors (Lipinski definition) is 2. The lowest BCUT2D eigenvalue weighted by Gasteiger charge is -2.11. The van der Waals surface area contributed by atoms with Gasteiger partial charge in [-0.2, -0.15) is 0 Å². The number of aryl methyl sites for hydroxylation is 1. The van der Waals surface area contributed by atoms with Crippen LogP contribution in [0.1, 0.15) is 42.6 Å². The molecule has 0 aromatic heterocycles. The van der Waals surface area contributed by atoms with Crippen molar-refractivity contribution in [3.8, 4) is 5.75 Å². The zero-order valence-electron chi connectivity index (χ0n) is 10.5. The Labute approximate surface area is 97.6 Å². The van der Waals surface area contributed by atoms with Gasteiger partial charge < -0.3 is 4.74 Å². The lowest BCUT2D eigenvalue weighted by atomic mass is 9.96. The van der Waals surface area contributed by atoms with Gasteiger partial charge in [-0.1, -0.05) is 31.9 Å². The Bertz CT molecular complexity index is 369. The van der Waals surface area contributed by atoms with E-state index >= 15 is 0 Å². The molecule has 0 bridgehead atoms. The maximum Gasteiger partial charge on any atom is 0.166 e. The monoisotopic (exact) mass is 220 g/mol. The molecular weight excluding hydrogens is 200 g/mol. The SMILES string of the molecule is CCC(C)CC(=O)c1cc(C)ccc1OC. The van der Waals surface area contributed by atoms with E-state index in [9.17, 15) is 4.79 Å². The van der Waals surface area contributed by atoms with Gasteiger partial charge in [-0.3, -0.25) is 4.79 Å². The first kappa shape index (κ1) is 12.8. The molecule has 16 heavy (non-hydrogen) atoms. The van der Waals surface area contributed by atoms with Gasteiger partial charge in [0.25, 0.3) is 0 Å². The van der Waals surface area contributed by atoms with Crippen LogP contribution in [0.3, 0.4) is 0 Å². The maximum atomic E-state index is 12.1. The van der Waals surface area contributed by atoms with Crippen molar-refractivity contribution in [3.05, 3.63) is 29.3 Å². The van der Waals surface area contributed by atoms with Gasteiger partial charge in [0.2, 0.25) is 0 Å². The molecule has 0 aliphatic carbocycles. The Morgan fingerprint density at radius 3 is 2.69 bits per heavy atom. The second kappa shape index (κ2) is 5.69. The third-order valence-electron chi connectivity index (χ3n) is 2.89. The van der Waals surface area contributed by atoms with Gasteiger partial charge in [0.05, 0.1) is 12.7 Å². The number of Topliss-reactive ketones (excluding diaryl/α,β-unsaturated/α-hetero) is 1. The van der Waals surface area contributed by atoms with Crippen LogP contribution in [0.15, 0.2) is 18.2 Å². The van der Waals surface area contributed by atoms with E-state index in [1.165, 1.54) is 0 Å². The van der Waals surface area contributed by atoms with Crippen LogP contribution in [0.4, 0.5) is 0 Å². The Balaban J connectivity index is 2.93. The molecule has 88 valence electrons. The molecule has 0 aliphatic heterocycles. The van der Waals surface area contributed by atoms with E-state index < -0.39 is 0 Å². The average Bonchev–Trinajstić information content (AvgIpc) is 2.28. The van der Waals surface area contributed by atoms with E-state index in [4.69, 9.17) is 4.74 Å². The van der Waals surface area contributed by atoms with Gasteiger partial charge >= 0.3 is 0 Å². The Kier molecular flexibility index (Phi) is 4.53. The van der Waals surface area contributed by atoms with Crippen LogP contribution in [0.2, 0.25) is 0 Å². The van der Waals surface area contributed by atoms with Crippen LogP contribution in [0.5, 0.6) is 5.75 Å². The van der Waals surface area contributed by atoms with Gasteiger partial charge in [-0.15, -0.1) is 0 Å². The number of benzene rings is 1. The summed E-state index contributed by atoms with van der Waals surface area (Å²) in [5.74, 6) is 1.28. The number of methoxy groups -OCH3 is 1. The minimum atomic E-state index is 0.176. The highest BCUT2D eigenvalue weighted by atomic mass is 16.5. The van der Waals surface area contributed by atoms with Crippen LogP contribution < -0.4 is 4.74 Å². The number of hydrogen-bond donors (Lipinski definition) is 0. The van der Waals surface area contributed by atoms with Crippen molar-refractivity contribution in [2.45, 2.75) is 33.6 Å². The van der Waals surface area contributed by atoms with Crippen molar-refractivity contribution in [1.82, 2.24) is 0 Å². The lowest BCUT2D eigenvalue weighted by molar-refractivity contribution is 0.0960. The third-order valence-corrected chi connectivity index (χ3v) is 2.89. The molecule has 0 spiro atoms. The highest BCUT2D eigenvalue weighted by molar-refractivity contribution is 5.98. The Hall–Kier alpha value is -1.31. The summed E-state index contributed by atoms with van der Waals surface area (Å²) in [7, 11) is 1.60. The normalized spacial score (nSPS) is 12.2. The molecule has 1 unspecified atom stereocenters. The van der Waals surface area contributed by atoms with Crippen molar-refractivity contribution < 1.29 is 9.53 Å². The predicted molar refractivity (Wildman–Crippen MR) is 66.1 cm³/mol. The van der Waals surface area contributed by atoms with Crippen molar-refractivity contribution in [1.29, 1.82) is 0 Å². The number of carbonyl (C=O) groups excluding carboxylic acids is 1. The van der Waals surface area contributed by atoms with E-state index in [1.807, 2.05) is 25.1 Å². The fourth-order valence-electron chi connectivity index (χ4n) is 1.61. The molecule has 1 aromatic rings. The Morgan fingerprint density at radius 2 is 2.12 bits per heavy atom. The van der Waals surface area contributed by atoms with Gasteiger partial charge in [0.15, 0.2) is 5.78 Å². The van der Waals surface area contributed by atoms with Gasteiger partial charge in [-0.25, -0.2) is 0 Å². The van der Waals surface area contributed by atoms with Gasteiger partial charge in [0.1, 0.15) is 5.75 Å². The number of rotatable bonds is 5. The molecule has 0 N–H and O–H groups in total. The summed E-state index contributed by atoms with van der Waals surface area (Å²) in [4.78, 5) is 12.1. The van der Waals surface area contributed by atoms with Gasteiger partial charge in [0, 0.05) is 6.42 Å². The third kappa shape index (κ3) is 3.09. The highest BCUT2D eigenvalue weighted by Crippen LogP contribution is 2.23. The number of ketones is 1. The van der Waals surface area contributed by atoms with Gasteiger partial charge in [-0.05, 0) is 25.0 Å². The zero-order valence-corrected chi connectivity index (χ0v) is 10.5. The first-order valence-corrected chi connectivity index (χ1v) is 5.76. The van der Waals surface area contributed by atoms with E-state index in [0.29, 0.717) is 23.7 Å². The summed E-state index contributed by atoms with van der Waals surface area (Å²) in [5, 5.41) is 0. The topological polar surface area (TPSA) is 26.3 Å². The van der Waals surface area contributed by atoms with Crippen molar-refractivity contribution in [2.24, 2.45) is 5.92 Å². The van der Waals surface area contributed by atoms with Crippen LogP contribution in [0.25, 0.3) is 0 Å². The van der Waals surface area contributed by atoms with Crippen molar-refractivity contribution in [3.63, 3.8) is 0 Å². The molecular formula is C14H20O2.